The molecule has 1 atom stereocenters. The molecule has 0 saturated heterocycles. The zero-order valence-electron chi connectivity index (χ0n) is 8.48. The van der Waals surface area contributed by atoms with Crippen LogP contribution in [0.2, 0.25) is 0 Å². The van der Waals surface area contributed by atoms with E-state index in [-0.39, 0.29) is 9.88 Å². The molecule has 3 N–H and O–H groups in total. The second kappa shape index (κ2) is 5.22. The lowest BCUT2D eigenvalue weighted by Gasteiger charge is -2.12. The minimum atomic E-state index is -3.56. The van der Waals surface area contributed by atoms with E-state index in [4.69, 9.17) is 18.0 Å². The SMILES string of the molecule is CC(NS(=O)(=O)c1ccc(Br)cc1)C(N)=S. The molecule has 0 spiro atoms. The molecule has 1 unspecified atom stereocenters. The first-order valence-electron chi connectivity index (χ1n) is 4.40. The lowest BCUT2D eigenvalue weighted by Crippen LogP contribution is -2.41. The molecule has 1 rings (SSSR count). The summed E-state index contributed by atoms with van der Waals surface area (Å²) in [5, 5.41) is 0. The van der Waals surface area contributed by atoms with Crippen LogP contribution in [0.4, 0.5) is 0 Å². The maximum Gasteiger partial charge on any atom is 0.241 e. The molecule has 0 aliphatic heterocycles. The number of hydrogen-bond acceptors (Lipinski definition) is 3. The van der Waals surface area contributed by atoms with Crippen LogP contribution in [-0.4, -0.2) is 19.4 Å². The Labute approximate surface area is 108 Å². The lowest BCUT2D eigenvalue weighted by atomic mass is 10.4. The highest BCUT2D eigenvalue weighted by atomic mass is 79.9. The fourth-order valence-corrected chi connectivity index (χ4v) is 2.59. The van der Waals surface area contributed by atoms with Crippen LogP contribution in [0, 0.1) is 0 Å². The first-order chi connectivity index (χ1) is 7.33. The van der Waals surface area contributed by atoms with Crippen LogP contribution in [0.1, 0.15) is 6.92 Å². The monoisotopic (exact) mass is 322 g/mol. The minimum Gasteiger partial charge on any atom is -0.392 e. The van der Waals surface area contributed by atoms with Crippen LogP contribution >= 0.6 is 28.1 Å². The Hall–Kier alpha value is -0.500. The number of rotatable bonds is 4. The molecule has 0 amide bonds. The van der Waals surface area contributed by atoms with E-state index in [9.17, 15) is 8.42 Å². The van der Waals surface area contributed by atoms with E-state index in [1.165, 1.54) is 12.1 Å². The van der Waals surface area contributed by atoms with Crippen LogP contribution < -0.4 is 10.5 Å². The van der Waals surface area contributed by atoms with Gasteiger partial charge in [0.15, 0.2) is 0 Å². The number of benzene rings is 1. The summed E-state index contributed by atoms with van der Waals surface area (Å²) < 4.78 is 26.8. The van der Waals surface area contributed by atoms with Crippen LogP contribution in [0.25, 0.3) is 0 Å². The quantitative estimate of drug-likeness (QED) is 0.822. The maximum absolute atomic E-state index is 11.8. The molecule has 1 aromatic carbocycles. The van der Waals surface area contributed by atoms with Gasteiger partial charge in [-0.05, 0) is 31.2 Å². The standard InChI is InChI=1S/C9H11BrN2O2S2/c1-6(9(11)15)12-16(13,14)8-4-2-7(10)3-5-8/h2-6,12H,1H3,(H2,11,15). The molecule has 0 bridgehead atoms. The normalized spacial score (nSPS) is 13.4. The van der Waals surface area contributed by atoms with Crippen molar-refractivity contribution in [1.29, 1.82) is 0 Å². The van der Waals surface area contributed by atoms with Crippen molar-refractivity contribution in [3.63, 3.8) is 0 Å². The summed E-state index contributed by atoms with van der Waals surface area (Å²) in [6, 6.07) is 5.74. The molecule has 1 aromatic rings. The fourth-order valence-electron chi connectivity index (χ4n) is 0.973. The van der Waals surface area contributed by atoms with Gasteiger partial charge < -0.3 is 5.73 Å². The van der Waals surface area contributed by atoms with Crippen molar-refractivity contribution >= 4 is 43.2 Å². The molecule has 0 heterocycles. The van der Waals surface area contributed by atoms with E-state index >= 15 is 0 Å². The Kier molecular flexibility index (Phi) is 4.43. The topological polar surface area (TPSA) is 72.2 Å². The third-order valence-electron chi connectivity index (χ3n) is 1.88. The van der Waals surface area contributed by atoms with Gasteiger partial charge in [-0.3, -0.25) is 0 Å². The van der Waals surface area contributed by atoms with Gasteiger partial charge in [0.05, 0.1) is 15.9 Å². The van der Waals surface area contributed by atoms with Crippen LogP contribution in [0.3, 0.4) is 0 Å². The molecule has 16 heavy (non-hydrogen) atoms. The number of nitrogens with one attached hydrogen (secondary N) is 1. The van der Waals surface area contributed by atoms with Crippen molar-refractivity contribution in [3.05, 3.63) is 28.7 Å². The van der Waals surface area contributed by atoms with Gasteiger partial charge in [0.25, 0.3) is 0 Å². The minimum absolute atomic E-state index is 0.112. The first kappa shape index (κ1) is 13.6. The van der Waals surface area contributed by atoms with Gasteiger partial charge in [-0.1, -0.05) is 28.1 Å². The van der Waals surface area contributed by atoms with Gasteiger partial charge in [-0.15, -0.1) is 0 Å². The predicted octanol–water partition coefficient (Wildman–Crippen LogP) is 1.40. The molecule has 88 valence electrons. The van der Waals surface area contributed by atoms with Gasteiger partial charge in [-0.2, -0.15) is 0 Å². The Bertz CT molecular complexity index is 485. The van der Waals surface area contributed by atoms with E-state index in [1.54, 1.807) is 19.1 Å². The zero-order valence-corrected chi connectivity index (χ0v) is 11.7. The summed E-state index contributed by atoms with van der Waals surface area (Å²) in [6.45, 7) is 1.60. The highest BCUT2D eigenvalue weighted by Gasteiger charge is 2.18. The smallest absolute Gasteiger partial charge is 0.241 e. The van der Waals surface area contributed by atoms with Crippen molar-refractivity contribution in [3.8, 4) is 0 Å². The van der Waals surface area contributed by atoms with E-state index < -0.39 is 16.1 Å². The average Bonchev–Trinajstić information content (AvgIpc) is 2.17. The molecule has 0 aliphatic rings. The molecule has 0 aliphatic carbocycles. The molecule has 0 saturated carbocycles. The van der Waals surface area contributed by atoms with Crippen molar-refractivity contribution in [2.45, 2.75) is 17.9 Å². The molecule has 0 aromatic heterocycles. The third kappa shape index (κ3) is 3.51. The summed E-state index contributed by atoms with van der Waals surface area (Å²) in [4.78, 5) is 0.291. The van der Waals surface area contributed by atoms with Gasteiger partial charge in [-0.25, -0.2) is 13.1 Å². The Morgan fingerprint density at radius 2 is 1.94 bits per heavy atom. The molecule has 7 heteroatoms. The van der Waals surface area contributed by atoms with Crippen LogP contribution in [0.15, 0.2) is 33.6 Å². The van der Waals surface area contributed by atoms with Gasteiger partial charge >= 0.3 is 0 Å². The fraction of sp³-hybridized carbons (Fsp3) is 0.222. The summed E-state index contributed by atoms with van der Waals surface area (Å²) in [5.41, 5.74) is 5.34. The molecular weight excluding hydrogens is 312 g/mol. The van der Waals surface area contributed by atoms with Crippen molar-refractivity contribution < 1.29 is 8.42 Å². The molecular formula is C9H11BrN2O2S2. The van der Waals surface area contributed by atoms with E-state index in [1.807, 2.05) is 0 Å². The molecule has 4 nitrogen and oxygen atoms in total. The first-order valence-corrected chi connectivity index (χ1v) is 7.08. The van der Waals surface area contributed by atoms with E-state index in [0.29, 0.717) is 0 Å². The number of hydrogen-bond donors (Lipinski definition) is 2. The average molecular weight is 323 g/mol. The number of halogens is 1. The van der Waals surface area contributed by atoms with Gasteiger partial charge in [0, 0.05) is 4.47 Å². The van der Waals surface area contributed by atoms with Crippen molar-refractivity contribution in [2.75, 3.05) is 0 Å². The second-order valence-electron chi connectivity index (χ2n) is 3.20. The summed E-state index contributed by atoms with van der Waals surface area (Å²) >= 11 is 7.93. The Morgan fingerprint density at radius 3 is 2.38 bits per heavy atom. The Balaban J connectivity index is 2.94. The maximum atomic E-state index is 11.8. The summed E-state index contributed by atoms with van der Waals surface area (Å²) in [7, 11) is -3.56. The van der Waals surface area contributed by atoms with Crippen LogP contribution in [-0.2, 0) is 10.0 Å². The second-order valence-corrected chi connectivity index (χ2v) is 6.30. The van der Waals surface area contributed by atoms with E-state index in [2.05, 4.69) is 20.7 Å². The highest BCUT2D eigenvalue weighted by Crippen LogP contribution is 2.14. The summed E-state index contributed by atoms with van der Waals surface area (Å²) in [5.74, 6) is 0. The molecule has 0 radical (unpaired) electrons. The number of thiocarbonyl (C=S) groups is 1. The van der Waals surface area contributed by atoms with Crippen molar-refractivity contribution in [1.82, 2.24) is 4.72 Å². The Morgan fingerprint density at radius 1 is 1.44 bits per heavy atom. The predicted molar refractivity (Wildman–Crippen MR) is 70.7 cm³/mol. The largest absolute Gasteiger partial charge is 0.392 e. The van der Waals surface area contributed by atoms with E-state index in [0.717, 1.165) is 4.47 Å². The number of nitrogens with two attached hydrogens (primary N) is 1. The third-order valence-corrected chi connectivity index (χ3v) is 4.32. The van der Waals surface area contributed by atoms with Crippen molar-refractivity contribution in [2.24, 2.45) is 5.73 Å². The zero-order chi connectivity index (χ0) is 12.3. The van der Waals surface area contributed by atoms with Gasteiger partial charge in [0.1, 0.15) is 0 Å². The highest BCUT2D eigenvalue weighted by molar-refractivity contribution is 9.10. The lowest BCUT2D eigenvalue weighted by molar-refractivity contribution is 0.579. The summed E-state index contributed by atoms with van der Waals surface area (Å²) in [6.07, 6.45) is 0. The molecule has 0 fully saturated rings. The van der Waals surface area contributed by atoms with Gasteiger partial charge in [0.2, 0.25) is 10.0 Å². The van der Waals surface area contributed by atoms with Crippen LogP contribution in [0.5, 0.6) is 0 Å². The number of sulfonamides is 1.